The van der Waals surface area contributed by atoms with Gasteiger partial charge in [-0.25, -0.2) is 8.42 Å². The number of sulfonamides is 1. The normalized spacial score (nSPS) is 15.5. The molecule has 1 aromatic heterocycles. The van der Waals surface area contributed by atoms with Crippen LogP contribution in [0.15, 0.2) is 29.0 Å². The van der Waals surface area contributed by atoms with Gasteiger partial charge in [0, 0.05) is 30.6 Å². The van der Waals surface area contributed by atoms with Gasteiger partial charge in [-0.2, -0.15) is 4.31 Å². The van der Waals surface area contributed by atoms with E-state index < -0.39 is 10.0 Å². The van der Waals surface area contributed by atoms with Gasteiger partial charge in [0.25, 0.3) is 10.0 Å². The molecule has 0 aliphatic heterocycles. The van der Waals surface area contributed by atoms with Gasteiger partial charge in [0.1, 0.15) is 4.21 Å². The SMILES string of the molecule is C=CCN(CCO)S(=O)(=O)c1ccc(CCNC2CC2)s1. The van der Waals surface area contributed by atoms with Crippen LogP contribution in [0.5, 0.6) is 0 Å². The Morgan fingerprint density at radius 2 is 2.24 bits per heavy atom. The lowest BCUT2D eigenvalue weighted by molar-refractivity contribution is 0.260. The van der Waals surface area contributed by atoms with Crippen molar-refractivity contribution in [2.24, 2.45) is 0 Å². The van der Waals surface area contributed by atoms with E-state index in [1.54, 1.807) is 6.07 Å². The van der Waals surface area contributed by atoms with Crippen LogP contribution in [-0.2, 0) is 16.4 Å². The van der Waals surface area contributed by atoms with E-state index in [9.17, 15) is 8.42 Å². The van der Waals surface area contributed by atoms with E-state index in [0.29, 0.717) is 10.3 Å². The number of hydrogen-bond donors (Lipinski definition) is 2. The van der Waals surface area contributed by atoms with Gasteiger partial charge in [0.2, 0.25) is 0 Å². The summed E-state index contributed by atoms with van der Waals surface area (Å²) in [5, 5.41) is 12.4. The van der Waals surface area contributed by atoms with Crippen molar-refractivity contribution in [1.82, 2.24) is 9.62 Å². The highest BCUT2D eigenvalue weighted by atomic mass is 32.2. The fourth-order valence-electron chi connectivity index (χ4n) is 2.01. The molecular weight excluding hydrogens is 308 g/mol. The minimum absolute atomic E-state index is 0.0881. The van der Waals surface area contributed by atoms with Crippen LogP contribution in [0.1, 0.15) is 17.7 Å². The topological polar surface area (TPSA) is 69.6 Å². The molecule has 5 nitrogen and oxygen atoms in total. The zero-order valence-corrected chi connectivity index (χ0v) is 13.6. The van der Waals surface area contributed by atoms with Crippen LogP contribution >= 0.6 is 11.3 Å². The van der Waals surface area contributed by atoms with E-state index in [1.807, 2.05) is 6.07 Å². The minimum Gasteiger partial charge on any atom is -0.395 e. The van der Waals surface area contributed by atoms with Crippen molar-refractivity contribution in [3.8, 4) is 0 Å². The molecule has 7 heteroatoms. The highest BCUT2D eigenvalue weighted by Gasteiger charge is 2.25. The summed E-state index contributed by atoms with van der Waals surface area (Å²) in [6, 6.07) is 4.19. The van der Waals surface area contributed by atoms with Crippen molar-refractivity contribution in [2.75, 3.05) is 26.2 Å². The minimum atomic E-state index is -3.53. The highest BCUT2D eigenvalue weighted by Crippen LogP contribution is 2.25. The van der Waals surface area contributed by atoms with Gasteiger partial charge >= 0.3 is 0 Å². The van der Waals surface area contributed by atoms with Gasteiger partial charge in [-0.15, -0.1) is 17.9 Å². The summed E-state index contributed by atoms with van der Waals surface area (Å²) in [4.78, 5) is 1.06. The molecule has 1 heterocycles. The Kier molecular flexibility index (Phi) is 5.95. The predicted octanol–water partition coefficient (Wildman–Crippen LogP) is 1.21. The molecule has 21 heavy (non-hydrogen) atoms. The van der Waals surface area contributed by atoms with E-state index in [-0.39, 0.29) is 19.7 Å². The van der Waals surface area contributed by atoms with E-state index in [4.69, 9.17) is 5.11 Å². The average molecular weight is 330 g/mol. The molecule has 1 fully saturated rings. The van der Waals surface area contributed by atoms with E-state index in [2.05, 4.69) is 11.9 Å². The van der Waals surface area contributed by atoms with Crippen LogP contribution in [0.3, 0.4) is 0 Å². The Balaban J connectivity index is 2.00. The van der Waals surface area contributed by atoms with Crippen LogP contribution in [0.4, 0.5) is 0 Å². The summed E-state index contributed by atoms with van der Waals surface area (Å²) in [5.74, 6) is 0. The maximum Gasteiger partial charge on any atom is 0.252 e. The molecule has 1 saturated carbocycles. The van der Waals surface area contributed by atoms with Crippen LogP contribution in [0.25, 0.3) is 0 Å². The summed E-state index contributed by atoms with van der Waals surface area (Å²) in [7, 11) is -3.53. The first-order valence-electron chi connectivity index (χ1n) is 7.12. The third kappa shape index (κ3) is 4.62. The quantitative estimate of drug-likeness (QED) is 0.633. The summed E-state index contributed by atoms with van der Waals surface area (Å²) >= 11 is 1.31. The third-order valence-electron chi connectivity index (χ3n) is 3.30. The molecule has 0 atom stereocenters. The smallest absolute Gasteiger partial charge is 0.252 e. The zero-order chi connectivity index (χ0) is 15.3. The number of nitrogens with one attached hydrogen (secondary N) is 1. The summed E-state index contributed by atoms with van der Waals surface area (Å²) in [6.07, 6.45) is 4.88. The lowest BCUT2D eigenvalue weighted by atomic mass is 10.3. The van der Waals surface area contributed by atoms with Crippen molar-refractivity contribution < 1.29 is 13.5 Å². The van der Waals surface area contributed by atoms with Gasteiger partial charge in [-0.3, -0.25) is 0 Å². The summed E-state index contributed by atoms with van der Waals surface area (Å²) in [6.45, 7) is 4.55. The molecule has 1 aromatic rings. The van der Waals surface area contributed by atoms with Gasteiger partial charge in [0.05, 0.1) is 6.61 Å². The second-order valence-electron chi connectivity index (χ2n) is 5.07. The lowest BCUT2D eigenvalue weighted by Crippen LogP contribution is -2.33. The van der Waals surface area contributed by atoms with Crippen molar-refractivity contribution in [2.45, 2.75) is 29.5 Å². The number of nitrogens with zero attached hydrogens (tertiary/aromatic N) is 1. The molecule has 2 N–H and O–H groups in total. The van der Waals surface area contributed by atoms with E-state index >= 15 is 0 Å². The molecule has 1 aliphatic carbocycles. The molecule has 2 rings (SSSR count). The maximum absolute atomic E-state index is 12.5. The molecule has 0 spiro atoms. The molecule has 1 aliphatic rings. The van der Waals surface area contributed by atoms with Crippen molar-refractivity contribution in [3.05, 3.63) is 29.7 Å². The van der Waals surface area contributed by atoms with E-state index in [0.717, 1.165) is 17.8 Å². The third-order valence-corrected chi connectivity index (χ3v) is 6.77. The molecule has 0 radical (unpaired) electrons. The summed E-state index contributed by atoms with van der Waals surface area (Å²) in [5.41, 5.74) is 0. The first kappa shape index (κ1) is 16.6. The molecule has 0 aromatic carbocycles. The second-order valence-corrected chi connectivity index (χ2v) is 8.41. The second kappa shape index (κ2) is 7.51. The average Bonchev–Trinajstić information content (AvgIpc) is 3.14. The van der Waals surface area contributed by atoms with Gasteiger partial charge in [-0.1, -0.05) is 6.08 Å². The van der Waals surface area contributed by atoms with Crippen LogP contribution in [-0.4, -0.2) is 50.1 Å². The van der Waals surface area contributed by atoms with Crippen LogP contribution in [0.2, 0.25) is 0 Å². The van der Waals surface area contributed by atoms with Gasteiger partial charge in [0.15, 0.2) is 0 Å². The molecule has 0 bridgehead atoms. The number of aliphatic hydroxyl groups excluding tert-OH is 1. The Bertz CT molecular complexity index is 565. The molecule has 0 saturated heterocycles. The van der Waals surface area contributed by atoms with Crippen molar-refractivity contribution in [3.63, 3.8) is 0 Å². The molecule has 118 valence electrons. The van der Waals surface area contributed by atoms with E-state index in [1.165, 1.54) is 34.6 Å². The largest absolute Gasteiger partial charge is 0.395 e. The van der Waals surface area contributed by atoms with Crippen molar-refractivity contribution >= 4 is 21.4 Å². The highest BCUT2D eigenvalue weighted by molar-refractivity contribution is 7.91. The van der Waals surface area contributed by atoms with Crippen LogP contribution in [0, 0.1) is 0 Å². The molecule has 0 unspecified atom stereocenters. The Morgan fingerprint density at radius 3 is 2.86 bits per heavy atom. The number of rotatable bonds is 10. The Hall–Kier alpha value is -0.730. The fraction of sp³-hybridized carbons (Fsp3) is 0.571. The predicted molar refractivity (Wildman–Crippen MR) is 85.1 cm³/mol. The molecule has 0 amide bonds. The number of thiophene rings is 1. The first-order chi connectivity index (χ1) is 10.1. The van der Waals surface area contributed by atoms with Gasteiger partial charge < -0.3 is 10.4 Å². The monoisotopic (exact) mass is 330 g/mol. The number of hydrogen-bond acceptors (Lipinski definition) is 5. The first-order valence-corrected chi connectivity index (χ1v) is 9.37. The maximum atomic E-state index is 12.5. The lowest BCUT2D eigenvalue weighted by Gasteiger charge is -2.18. The standard InChI is InChI=1S/C14H22N2O3S2/c1-2-9-16(10-11-17)21(18,19)14-6-5-13(20-14)7-8-15-12-3-4-12/h2,5-6,12,15,17H,1,3-4,7-11H2. The fourth-order valence-corrected chi connectivity index (χ4v) is 4.92. The van der Waals surface area contributed by atoms with Gasteiger partial charge in [-0.05, 0) is 31.4 Å². The summed E-state index contributed by atoms with van der Waals surface area (Å²) < 4.78 is 26.5. The van der Waals surface area contributed by atoms with Crippen LogP contribution < -0.4 is 5.32 Å². The Labute approximate surface area is 130 Å². The number of aliphatic hydroxyl groups is 1. The van der Waals surface area contributed by atoms with Crippen molar-refractivity contribution in [1.29, 1.82) is 0 Å². The zero-order valence-electron chi connectivity index (χ0n) is 12.0. The Morgan fingerprint density at radius 1 is 1.48 bits per heavy atom. The molecular formula is C14H22N2O3S2.